The molecule has 1 unspecified atom stereocenters. The highest BCUT2D eigenvalue weighted by Crippen LogP contribution is 2.17. The molecule has 0 aliphatic rings. The molecular formula is C18H17N3O2. The van der Waals surface area contributed by atoms with Crippen molar-refractivity contribution in [2.45, 2.75) is 19.9 Å². The first-order valence-electron chi connectivity index (χ1n) is 7.40. The first-order valence-corrected chi connectivity index (χ1v) is 7.40. The van der Waals surface area contributed by atoms with Crippen LogP contribution in [0.2, 0.25) is 0 Å². The Hall–Kier alpha value is -2.95. The van der Waals surface area contributed by atoms with Gasteiger partial charge in [0.2, 0.25) is 5.82 Å². The zero-order valence-corrected chi connectivity index (χ0v) is 13.0. The maximum absolute atomic E-state index is 12.2. The summed E-state index contributed by atoms with van der Waals surface area (Å²) in [5, 5.41) is 6.74. The lowest BCUT2D eigenvalue weighted by Gasteiger charge is -2.12. The van der Waals surface area contributed by atoms with Crippen LogP contribution in [0.3, 0.4) is 0 Å². The third-order valence-electron chi connectivity index (χ3n) is 3.54. The number of nitrogens with zero attached hydrogens (tertiary/aromatic N) is 2. The lowest BCUT2D eigenvalue weighted by molar-refractivity contribution is 0.0895. The summed E-state index contributed by atoms with van der Waals surface area (Å²) in [6.45, 7) is 3.89. The predicted molar refractivity (Wildman–Crippen MR) is 86.8 cm³/mol. The highest BCUT2D eigenvalue weighted by Gasteiger charge is 2.18. The molecule has 2 aromatic carbocycles. The molecule has 5 nitrogen and oxygen atoms in total. The fourth-order valence-electron chi connectivity index (χ4n) is 2.30. The van der Waals surface area contributed by atoms with Crippen molar-refractivity contribution < 1.29 is 9.32 Å². The molecule has 1 aromatic heterocycles. The van der Waals surface area contributed by atoms with Gasteiger partial charge in [0.25, 0.3) is 0 Å². The Balaban J connectivity index is 1.74. The molecule has 0 bridgehead atoms. The summed E-state index contributed by atoms with van der Waals surface area (Å²) in [6, 6.07) is 17.3. The van der Waals surface area contributed by atoms with Crippen molar-refractivity contribution in [2.24, 2.45) is 0 Å². The average molecular weight is 307 g/mol. The third-order valence-corrected chi connectivity index (χ3v) is 3.54. The molecule has 116 valence electrons. The molecular weight excluding hydrogens is 290 g/mol. The van der Waals surface area contributed by atoms with Crippen molar-refractivity contribution in [2.75, 3.05) is 0 Å². The standard InChI is InChI=1S/C18H17N3O2/c1-12-7-6-10-15(11-12)16-20-18(23-21-16)17(22)19-13(2)14-8-4-3-5-9-14/h3-11,13H,1-2H3,(H,19,22). The molecule has 0 saturated heterocycles. The molecule has 5 heteroatoms. The van der Waals surface area contributed by atoms with Crippen LogP contribution in [0.4, 0.5) is 0 Å². The summed E-state index contributed by atoms with van der Waals surface area (Å²) in [5.41, 5.74) is 2.93. The highest BCUT2D eigenvalue weighted by molar-refractivity contribution is 5.90. The number of nitrogens with one attached hydrogen (secondary N) is 1. The Morgan fingerprint density at radius 1 is 1.13 bits per heavy atom. The van der Waals surface area contributed by atoms with Gasteiger partial charge in [-0.05, 0) is 25.5 Å². The second kappa shape index (κ2) is 6.44. The Bertz CT molecular complexity index is 812. The van der Waals surface area contributed by atoms with E-state index in [4.69, 9.17) is 4.52 Å². The SMILES string of the molecule is Cc1cccc(-c2noc(C(=O)NC(C)c3ccccc3)n2)c1. The minimum atomic E-state index is -0.382. The highest BCUT2D eigenvalue weighted by atomic mass is 16.5. The fourth-order valence-corrected chi connectivity index (χ4v) is 2.30. The van der Waals surface area contributed by atoms with Crippen molar-refractivity contribution in [3.05, 3.63) is 71.6 Å². The van der Waals surface area contributed by atoms with E-state index < -0.39 is 0 Å². The quantitative estimate of drug-likeness (QED) is 0.800. The monoisotopic (exact) mass is 307 g/mol. The van der Waals surface area contributed by atoms with Crippen LogP contribution in [-0.4, -0.2) is 16.0 Å². The second-order valence-corrected chi connectivity index (χ2v) is 5.40. The van der Waals surface area contributed by atoms with E-state index in [-0.39, 0.29) is 17.8 Å². The number of rotatable bonds is 4. The van der Waals surface area contributed by atoms with Gasteiger partial charge < -0.3 is 9.84 Å². The first kappa shape index (κ1) is 15.0. The van der Waals surface area contributed by atoms with Gasteiger partial charge in [-0.3, -0.25) is 4.79 Å². The normalized spacial score (nSPS) is 11.9. The predicted octanol–water partition coefficient (Wildman–Crippen LogP) is 3.54. The Kier molecular flexibility index (Phi) is 4.19. The van der Waals surface area contributed by atoms with Crippen LogP contribution < -0.4 is 5.32 Å². The first-order chi connectivity index (χ1) is 11.1. The lowest BCUT2D eigenvalue weighted by atomic mass is 10.1. The number of carbonyl (C=O) groups excluding carboxylic acids is 1. The maximum Gasteiger partial charge on any atom is 0.316 e. The number of amides is 1. The van der Waals surface area contributed by atoms with E-state index in [0.717, 1.165) is 16.7 Å². The molecule has 0 saturated carbocycles. The molecule has 1 heterocycles. The fraction of sp³-hybridized carbons (Fsp3) is 0.167. The topological polar surface area (TPSA) is 68.0 Å². The van der Waals surface area contributed by atoms with Crippen molar-refractivity contribution in [1.82, 2.24) is 15.5 Å². The molecule has 0 aliphatic carbocycles. The number of aryl methyl sites for hydroxylation is 1. The zero-order valence-electron chi connectivity index (χ0n) is 13.0. The molecule has 0 spiro atoms. The van der Waals surface area contributed by atoms with Crippen LogP contribution >= 0.6 is 0 Å². The van der Waals surface area contributed by atoms with Crippen molar-refractivity contribution >= 4 is 5.91 Å². The van der Waals surface area contributed by atoms with Gasteiger partial charge in [-0.15, -0.1) is 0 Å². The van der Waals surface area contributed by atoms with Crippen LogP contribution in [0.1, 0.15) is 34.8 Å². The zero-order chi connectivity index (χ0) is 16.2. The van der Waals surface area contributed by atoms with Crippen LogP contribution in [0.5, 0.6) is 0 Å². The molecule has 3 rings (SSSR count). The van der Waals surface area contributed by atoms with Gasteiger partial charge in [-0.1, -0.05) is 59.3 Å². The average Bonchev–Trinajstić information content (AvgIpc) is 3.06. The number of benzene rings is 2. The summed E-state index contributed by atoms with van der Waals surface area (Å²) in [7, 11) is 0. The van der Waals surface area contributed by atoms with E-state index in [1.165, 1.54) is 0 Å². The summed E-state index contributed by atoms with van der Waals surface area (Å²) in [4.78, 5) is 16.4. The summed E-state index contributed by atoms with van der Waals surface area (Å²) >= 11 is 0. The number of aromatic nitrogens is 2. The maximum atomic E-state index is 12.2. The molecule has 1 N–H and O–H groups in total. The Morgan fingerprint density at radius 2 is 1.91 bits per heavy atom. The summed E-state index contributed by atoms with van der Waals surface area (Å²) < 4.78 is 5.08. The van der Waals surface area contributed by atoms with Crippen LogP contribution in [0.25, 0.3) is 11.4 Å². The summed E-state index contributed by atoms with van der Waals surface area (Å²) in [5.74, 6) is -0.0109. The van der Waals surface area contributed by atoms with Gasteiger partial charge in [0.05, 0.1) is 6.04 Å². The van der Waals surface area contributed by atoms with Gasteiger partial charge in [0, 0.05) is 5.56 Å². The van der Waals surface area contributed by atoms with Crippen LogP contribution in [0.15, 0.2) is 59.1 Å². The van der Waals surface area contributed by atoms with E-state index in [1.54, 1.807) is 0 Å². The number of carbonyl (C=O) groups is 1. The van der Waals surface area contributed by atoms with E-state index in [2.05, 4.69) is 15.5 Å². The van der Waals surface area contributed by atoms with Crippen molar-refractivity contribution in [3.63, 3.8) is 0 Å². The van der Waals surface area contributed by atoms with E-state index in [1.807, 2.05) is 68.4 Å². The molecule has 1 amide bonds. The van der Waals surface area contributed by atoms with Gasteiger partial charge in [0.15, 0.2) is 0 Å². The molecule has 1 atom stereocenters. The summed E-state index contributed by atoms with van der Waals surface area (Å²) in [6.07, 6.45) is 0. The van der Waals surface area contributed by atoms with Crippen molar-refractivity contribution in [3.8, 4) is 11.4 Å². The molecule has 0 aliphatic heterocycles. The van der Waals surface area contributed by atoms with Crippen LogP contribution in [0, 0.1) is 6.92 Å². The Morgan fingerprint density at radius 3 is 2.65 bits per heavy atom. The molecule has 3 aromatic rings. The molecule has 23 heavy (non-hydrogen) atoms. The minimum absolute atomic E-state index is 0.0377. The Labute approximate surface area is 134 Å². The van der Waals surface area contributed by atoms with Gasteiger partial charge in [-0.25, -0.2) is 0 Å². The van der Waals surface area contributed by atoms with Gasteiger partial charge in [0.1, 0.15) is 0 Å². The second-order valence-electron chi connectivity index (χ2n) is 5.40. The molecule has 0 radical (unpaired) electrons. The van der Waals surface area contributed by atoms with E-state index in [9.17, 15) is 4.79 Å². The number of hydrogen-bond acceptors (Lipinski definition) is 4. The van der Waals surface area contributed by atoms with Gasteiger partial charge >= 0.3 is 11.8 Å². The smallest absolute Gasteiger partial charge is 0.316 e. The van der Waals surface area contributed by atoms with E-state index >= 15 is 0 Å². The lowest BCUT2D eigenvalue weighted by Crippen LogP contribution is -2.26. The third kappa shape index (κ3) is 3.45. The number of hydrogen-bond donors (Lipinski definition) is 1. The minimum Gasteiger partial charge on any atom is -0.341 e. The van der Waals surface area contributed by atoms with Gasteiger partial charge in [-0.2, -0.15) is 4.98 Å². The largest absolute Gasteiger partial charge is 0.341 e. The molecule has 0 fully saturated rings. The van der Waals surface area contributed by atoms with Crippen LogP contribution in [-0.2, 0) is 0 Å². The van der Waals surface area contributed by atoms with Crippen molar-refractivity contribution in [1.29, 1.82) is 0 Å². The van der Waals surface area contributed by atoms with E-state index in [0.29, 0.717) is 5.82 Å².